The van der Waals surface area contributed by atoms with E-state index >= 15 is 0 Å². The van der Waals surface area contributed by atoms with Gasteiger partial charge in [-0.15, -0.1) is 0 Å². The summed E-state index contributed by atoms with van der Waals surface area (Å²) in [7, 11) is 0. The molecule has 0 radical (unpaired) electrons. The van der Waals surface area contributed by atoms with Gasteiger partial charge >= 0.3 is 0 Å². The predicted octanol–water partition coefficient (Wildman–Crippen LogP) is 4.15. The molecular weight excluding hydrogens is 256 g/mol. The van der Waals surface area contributed by atoms with Crippen LogP contribution < -0.4 is 11.1 Å². The molecular formula is C19H26N2. The second kappa shape index (κ2) is 7.06. The van der Waals surface area contributed by atoms with Crippen molar-refractivity contribution in [3.8, 4) is 0 Å². The number of benzene rings is 2. The van der Waals surface area contributed by atoms with E-state index in [4.69, 9.17) is 5.73 Å². The molecule has 21 heavy (non-hydrogen) atoms. The van der Waals surface area contributed by atoms with Crippen LogP contribution in [0, 0.1) is 0 Å². The lowest BCUT2D eigenvalue weighted by Gasteiger charge is -2.24. The highest BCUT2D eigenvalue weighted by molar-refractivity contribution is 5.83. The molecule has 2 aromatic carbocycles. The number of hydrogen-bond acceptors (Lipinski definition) is 2. The van der Waals surface area contributed by atoms with E-state index < -0.39 is 0 Å². The molecule has 0 aromatic heterocycles. The van der Waals surface area contributed by atoms with Gasteiger partial charge in [-0.2, -0.15) is 0 Å². The Morgan fingerprint density at radius 2 is 1.67 bits per heavy atom. The highest BCUT2D eigenvalue weighted by Crippen LogP contribution is 2.23. The van der Waals surface area contributed by atoms with Gasteiger partial charge in [-0.3, -0.25) is 0 Å². The number of fused-ring (bicyclic) bond motifs is 1. The molecule has 112 valence electrons. The molecule has 2 heteroatoms. The van der Waals surface area contributed by atoms with Gasteiger partial charge in [0.2, 0.25) is 0 Å². The molecule has 1 saturated carbocycles. The fourth-order valence-corrected chi connectivity index (χ4v) is 3.46. The largest absolute Gasteiger partial charge is 0.329 e. The third-order valence-corrected chi connectivity index (χ3v) is 4.70. The summed E-state index contributed by atoms with van der Waals surface area (Å²) in [5.74, 6) is 0. The summed E-state index contributed by atoms with van der Waals surface area (Å²) in [4.78, 5) is 0. The van der Waals surface area contributed by atoms with Crippen molar-refractivity contribution in [3.63, 3.8) is 0 Å². The lowest BCUT2D eigenvalue weighted by Crippen LogP contribution is -2.36. The fourth-order valence-electron chi connectivity index (χ4n) is 3.46. The molecule has 0 heterocycles. The van der Waals surface area contributed by atoms with Crippen LogP contribution in [0.15, 0.2) is 42.5 Å². The monoisotopic (exact) mass is 282 g/mol. The molecule has 3 rings (SSSR count). The van der Waals surface area contributed by atoms with E-state index in [0.29, 0.717) is 12.6 Å². The summed E-state index contributed by atoms with van der Waals surface area (Å²) in [6.07, 6.45) is 8.08. The van der Waals surface area contributed by atoms with Crippen LogP contribution in [0.2, 0.25) is 0 Å². The van der Waals surface area contributed by atoms with Crippen LogP contribution in [-0.2, 0) is 0 Å². The predicted molar refractivity (Wildman–Crippen MR) is 90.4 cm³/mol. The highest BCUT2D eigenvalue weighted by atomic mass is 15.0. The van der Waals surface area contributed by atoms with E-state index in [9.17, 15) is 0 Å². The summed E-state index contributed by atoms with van der Waals surface area (Å²) < 4.78 is 0. The number of hydrogen-bond donors (Lipinski definition) is 2. The van der Waals surface area contributed by atoms with Gasteiger partial charge in [0.1, 0.15) is 0 Å². The van der Waals surface area contributed by atoms with Gasteiger partial charge in [0.25, 0.3) is 0 Å². The zero-order chi connectivity index (χ0) is 14.5. The maximum atomic E-state index is 6.04. The van der Waals surface area contributed by atoms with E-state index in [1.165, 1.54) is 54.9 Å². The molecule has 0 spiro atoms. The zero-order valence-electron chi connectivity index (χ0n) is 12.7. The van der Waals surface area contributed by atoms with Gasteiger partial charge in [0.05, 0.1) is 0 Å². The molecule has 1 unspecified atom stereocenters. The minimum absolute atomic E-state index is 0.276. The third-order valence-electron chi connectivity index (χ3n) is 4.70. The van der Waals surface area contributed by atoms with Crippen LogP contribution in [0.5, 0.6) is 0 Å². The highest BCUT2D eigenvalue weighted by Gasteiger charge is 2.17. The summed E-state index contributed by atoms with van der Waals surface area (Å²) in [5.41, 5.74) is 7.36. The molecule has 2 aromatic rings. The van der Waals surface area contributed by atoms with Crippen LogP contribution in [0.3, 0.4) is 0 Å². The van der Waals surface area contributed by atoms with Crippen LogP contribution in [0.4, 0.5) is 0 Å². The average molecular weight is 282 g/mol. The maximum Gasteiger partial charge on any atom is 0.0446 e. The Balaban J connectivity index is 1.77. The van der Waals surface area contributed by atoms with Crippen molar-refractivity contribution >= 4 is 10.8 Å². The molecule has 3 N–H and O–H groups in total. The molecule has 1 aliphatic rings. The Bertz CT molecular complexity index is 571. The van der Waals surface area contributed by atoms with Crippen LogP contribution >= 0.6 is 0 Å². The SMILES string of the molecule is NCC(NC1CCCCCC1)c1ccc2ccccc2c1. The van der Waals surface area contributed by atoms with Crippen molar-refractivity contribution in [1.82, 2.24) is 5.32 Å². The first-order chi connectivity index (χ1) is 10.4. The van der Waals surface area contributed by atoms with Gasteiger partial charge in [-0.05, 0) is 35.2 Å². The lowest BCUT2D eigenvalue weighted by atomic mass is 10.00. The minimum atomic E-state index is 0.276. The summed E-state index contributed by atoms with van der Waals surface area (Å²) in [6, 6.07) is 16.2. The molecule has 0 saturated heterocycles. The molecule has 0 aliphatic heterocycles. The molecule has 2 nitrogen and oxygen atoms in total. The van der Waals surface area contributed by atoms with Crippen LogP contribution in [0.1, 0.15) is 50.1 Å². The van der Waals surface area contributed by atoms with E-state index in [0.717, 1.165) is 0 Å². The van der Waals surface area contributed by atoms with Crippen molar-refractivity contribution in [2.45, 2.75) is 50.6 Å². The number of nitrogens with two attached hydrogens (primary N) is 1. The fraction of sp³-hybridized carbons (Fsp3) is 0.474. The standard InChI is InChI=1S/C19H26N2/c20-14-19(21-18-9-3-1-2-4-10-18)17-12-11-15-7-5-6-8-16(15)13-17/h5-8,11-13,18-19,21H,1-4,9-10,14,20H2. The Kier molecular flexibility index (Phi) is 4.89. The first kappa shape index (κ1) is 14.6. The Morgan fingerprint density at radius 1 is 0.952 bits per heavy atom. The second-order valence-corrected chi connectivity index (χ2v) is 6.25. The smallest absolute Gasteiger partial charge is 0.0446 e. The van der Waals surface area contributed by atoms with E-state index in [-0.39, 0.29) is 6.04 Å². The van der Waals surface area contributed by atoms with Crippen molar-refractivity contribution < 1.29 is 0 Å². The first-order valence-electron chi connectivity index (χ1n) is 8.31. The topological polar surface area (TPSA) is 38.0 Å². The van der Waals surface area contributed by atoms with E-state index in [1.54, 1.807) is 0 Å². The number of nitrogens with one attached hydrogen (secondary N) is 1. The molecule has 1 aliphatic carbocycles. The Hall–Kier alpha value is -1.38. The lowest BCUT2D eigenvalue weighted by molar-refractivity contribution is 0.402. The van der Waals surface area contributed by atoms with Gasteiger partial charge in [-0.25, -0.2) is 0 Å². The van der Waals surface area contributed by atoms with E-state index in [1.807, 2.05) is 0 Å². The second-order valence-electron chi connectivity index (χ2n) is 6.25. The summed E-state index contributed by atoms with van der Waals surface area (Å²) in [5, 5.41) is 6.40. The van der Waals surface area contributed by atoms with Crippen molar-refractivity contribution in [3.05, 3.63) is 48.0 Å². The van der Waals surface area contributed by atoms with Crippen molar-refractivity contribution in [1.29, 1.82) is 0 Å². The minimum Gasteiger partial charge on any atom is -0.329 e. The summed E-state index contributed by atoms with van der Waals surface area (Å²) >= 11 is 0. The van der Waals surface area contributed by atoms with Gasteiger partial charge < -0.3 is 11.1 Å². The quantitative estimate of drug-likeness (QED) is 0.827. The van der Waals surface area contributed by atoms with Gasteiger partial charge in [0.15, 0.2) is 0 Å². The zero-order valence-corrected chi connectivity index (χ0v) is 12.7. The van der Waals surface area contributed by atoms with E-state index in [2.05, 4.69) is 47.8 Å². The Labute approximate surface area is 127 Å². The summed E-state index contributed by atoms with van der Waals surface area (Å²) in [6.45, 7) is 0.662. The maximum absolute atomic E-state index is 6.04. The van der Waals surface area contributed by atoms with Gasteiger partial charge in [0, 0.05) is 18.6 Å². The van der Waals surface area contributed by atoms with Crippen molar-refractivity contribution in [2.24, 2.45) is 5.73 Å². The van der Waals surface area contributed by atoms with Crippen molar-refractivity contribution in [2.75, 3.05) is 6.54 Å². The molecule has 0 amide bonds. The normalized spacial score (nSPS) is 18.5. The first-order valence-corrected chi connectivity index (χ1v) is 8.31. The number of rotatable bonds is 4. The molecule has 1 atom stereocenters. The molecule has 0 bridgehead atoms. The Morgan fingerprint density at radius 3 is 2.38 bits per heavy atom. The van der Waals surface area contributed by atoms with Gasteiger partial charge in [-0.1, -0.05) is 62.1 Å². The third kappa shape index (κ3) is 3.63. The van der Waals surface area contributed by atoms with Crippen LogP contribution in [-0.4, -0.2) is 12.6 Å². The molecule has 1 fully saturated rings. The average Bonchev–Trinajstić information content (AvgIpc) is 2.81. The van der Waals surface area contributed by atoms with Crippen LogP contribution in [0.25, 0.3) is 10.8 Å².